The number of benzene rings is 2. The minimum atomic E-state index is -4.52. The number of aromatic nitrogens is 4. The van der Waals surface area contributed by atoms with Gasteiger partial charge in [0.15, 0.2) is 5.82 Å². The van der Waals surface area contributed by atoms with Gasteiger partial charge in [0.25, 0.3) is 0 Å². The molecule has 2 aromatic heterocycles. The molecule has 2 bridgehead atoms. The first-order valence-corrected chi connectivity index (χ1v) is 11.7. The maximum absolute atomic E-state index is 14.1. The minimum Gasteiger partial charge on any atom is -0.304 e. The van der Waals surface area contributed by atoms with Crippen LogP contribution in [0.4, 0.5) is 13.2 Å². The molecule has 0 N–H and O–H groups in total. The van der Waals surface area contributed by atoms with E-state index in [1.54, 1.807) is 38.1 Å². The molecule has 36 heavy (non-hydrogen) atoms. The van der Waals surface area contributed by atoms with Crippen molar-refractivity contribution in [2.45, 2.75) is 51.1 Å². The Labute approximate surface area is 220 Å². The first-order valence-electron chi connectivity index (χ1n) is 11.7. The van der Waals surface area contributed by atoms with Crippen molar-refractivity contribution in [3.63, 3.8) is 0 Å². The summed E-state index contributed by atoms with van der Waals surface area (Å²) in [4.78, 5) is 17.3. The van der Waals surface area contributed by atoms with Crippen molar-refractivity contribution in [1.29, 1.82) is 0 Å². The molecule has 2 heterocycles. The third kappa shape index (κ3) is 4.37. The Morgan fingerprint density at radius 1 is 0.861 bits per heavy atom. The van der Waals surface area contributed by atoms with E-state index in [-0.39, 0.29) is 25.7 Å². The van der Waals surface area contributed by atoms with Crippen molar-refractivity contribution < 1.29 is 33.3 Å². The summed E-state index contributed by atoms with van der Waals surface area (Å²) in [6, 6.07) is 15.0. The van der Waals surface area contributed by atoms with Crippen molar-refractivity contribution in [3.05, 3.63) is 83.1 Å². The first kappa shape index (κ1) is 24.7. The fourth-order valence-electron chi connectivity index (χ4n) is 5.53. The van der Waals surface area contributed by atoms with Crippen LogP contribution in [0, 0.1) is 19.9 Å². The van der Waals surface area contributed by atoms with Crippen LogP contribution in [0.5, 0.6) is 0 Å². The van der Waals surface area contributed by atoms with Gasteiger partial charge in [0.05, 0.1) is 5.56 Å². The maximum Gasteiger partial charge on any atom is 0.416 e. The molecule has 1 radical (unpaired) electrons. The van der Waals surface area contributed by atoms with Crippen LogP contribution < -0.4 is 0 Å². The maximum atomic E-state index is 14.1. The van der Waals surface area contributed by atoms with Crippen LogP contribution in [0.25, 0.3) is 33.8 Å². The van der Waals surface area contributed by atoms with Crippen LogP contribution >= 0.6 is 0 Å². The van der Waals surface area contributed by atoms with E-state index >= 15 is 0 Å². The number of pyridine rings is 1. The van der Waals surface area contributed by atoms with E-state index in [2.05, 4.69) is 26.0 Å². The Morgan fingerprint density at radius 2 is 1.50 bits per heavy atom. The predicted octanol–water partition coefficient (Wildman–Crippen LogP) is 7.07. The molecule has 2 atom stereocenters. The molecular weight excluding hydrogens is 642 g/mol. The van der Waals surface area contributed by atoms with Gasteiger partial charge in [-0.05, 0) is 49.8 Å². The standard InChI is InChI=1S/C28H22F3N4.Ir/c1-15-33-16(2)35-27(34-15)18-5-3-17(4-6-18)24-14-32-26(13-25(24)28(29,30)31)21-9-10-22-19-7-8-20(11-19)23(22)12-21;/h3-6,10,12-14,19-20H,7-8,11H2,1-2H3;/q-1;. The zero-order valence-electron chi connectivity index (χ0n) is 19.7. The Morgan fingerprint density at radius 3 is 2.17 bits per heavy atom. The van der Waals surface area contributed by atoms with E-state index in [0.717, 1.165) is 18.9 Å². The van der Waals surface area contributed by atoms with Gasteiger partial charge in [0.1, 0.15) is 11.6 Å². The van der Waals surface area contributed by atoms with Crippen LogP contribution in [0.2, 0.25) is 0 Å². The SMILES string of the molecule is Cc1nc(C)nc(-c2ccc(-c3cnc(-c4[c-]cc5c(c4)C4CCC5C4)cc3C(F)(F)F)cc2)n1.[Ir]. The van der Waals surface area contributed by atoms with Crippen molar-refractivity contribution in [2.75, 3.05) is 0 Å². The van der Waals surface area contributed by atoms with Crippen molar-refractivity contribution in [2.24, 2.45) is 0 Å². The van der Waals surface area contributed by atoms with E-state index < -0.39 is 11.7 Å². The number of fused-ring (bicyclic) bond motifs is 5. The summed E-state index contributed by atoms with van der Waals surface area (Å²) in [6.45, 7) is 3.55. The monoisotopic (exact) mass is 664 g/mol. The molecule has 6 rings (SSSR count). The minimum absolute atomic E-state index is 0. The number of hydrogen-bond donors (Lipinski definition) is 0. The summed E-state index contributed by atoms with van der Waals surface area (Å²) >= 11 is 0. The van der Waals surface area contributed by atoms with Crippen molar-refractivity contribution in [3.8, 4) is 33.8 Å². The summed E-state index contributed by atoms with van der Waals surface area (Å²) in [5.74, 6) is 2.76. The first-order chi connectivity index (χ1) is 16.8. The average Bonchev–Trinajstić information content (AvgIpc) is 3.45. The summed E-state index contributed by atoms with van der Waals surface area (Å²) < 4.78 is 42.4. The predicted molar refractivity (Wildman–Crippen MR) is 127 cm³/mol. The Hall–Kier alpha value is -2.96. The quantitative estimate of drug-likeness (QED) is 0.220. The van der Waals surface area contributed by atoms with Crippen LogP contribution in [0.1, 0.15) is 59.4 Å². The molecule has 4 aromatic rings. The molecule has 4 nitrogen and oxygen atoms in total. The molecule has 0 aliphatic heterocycles. The number of rotatable bonds is 3. The second-order valence-corrected chi connectivity index (χ2v) is 9.41. The van der Waals surface area contributed by atoms with Gasteiger partial charge in [0, 0.05) is 37.4 Å². The van der Waals surface area contributed by atoms with Crippen LogP contribution in [0.15, 0.2) is 48.7 Å². The molecule has 0 amide bonds. The zero-order chi connectivity index (χ0) is 24.3. The molecule has 2 aliphatic rings. The van der Waals surface area contributed by atoms with Gasteiger partial charge in [-0.2, -0.15) is 13.2 Å². The van der Waals surface area contributed by atoms with E-state index in [1.807, 2.05) is 12.1 Å². The Kier molecular flexibility index (Phi) is 6.29. The number of aryl methyl sites for hydroxylation is 2. The smallest absolute Gasteiger partial charge is 0.304 e. The Balaban J connectivity index is 0.00000267. The van der Waals surface area contributed by atoms with Gasteiger partial charge in [-0.1, -0.05) is 36.8 Å². The van der Waals surface area contributed by atoms with Crippen molar-refractivity contribution >= 4 is 0 Å². The third-order valence-corrected chi connectivity index (χ3v) is 7.13. The van der Waals surface area contributed by atoms with E-state index in [4.69, 9.17) is 0 Å². The molecule has 2 unspecified atom stereocenters. The largest absolute Gasteiger partial charge is 0.416 e. The van der Waals surface area contributed by atoms with Crippen LogP contribution in [0.3, 0.4) is 0 Å². The molecule has 1 fully saturated rings. The molecule has 0 spiro atoms. The summed E-state index contributed by atoms with van der Waals surface area (Å²) in [7, 11) is 0. The molecular formula is C28H22F3IrN4-. The van der Waals surface area contributed by atoms with Gasteiger partial charge in [-0.15, -0.1) is 34.9 Å². The molecule has 2 aromatic carbocycles. The molecule has 8 heteroatoms. The Bertz CT molecular complexity index is 1430. The van der Waals surface area contributed by atoms with E-state index in [9.17, 15) is 13.2 Å². The van der Waals surface area contributed by atoms with Crippen molar-refractivity contribution in [1.82, 2.24) is 19.9 Å². The summed E-state index contributed by atoms with van der Waals surface area (Å²) in [6.07, 6.45) is 0.288. The van der Waals surface area contributed by atoms with Gasteiger partial charge >= 0.3 is 6.18 Å². The second-order valence-electron chi connectivity index (χ2n) is 9.41. The van der Waals surface area contributed by atoms with Crippen LogP contribution in [-0.4, -0.2) is 19.9 Å². The van der Waals surface area contributed by atoms with E-state index in [0.29, 0.717) is 51.7 Å². The van der Waals surface area contributed by atoms with E-state index in [1.165, 1.54) is 23.7 Å². The van der Waals surface area contributed by atoms with Gasteiger partial charge in [-0.3, -0.25) is 0 Å². The third-order valence-electron chi connectivity index (χ3n) is 7.13. The molecule has 2 aliphatic carbocycles. The summed E-state index contributed by atoms with van der Waals surface area (Å²) in [5, 5.41) is 0. The normalized spacial score (nSPS) is 18.1. The molecule has 1 saturated carbocycles. The topological polar surface area (TPSA) is 51.6 Å². The second kappa shape index (κ2) is 9.16. The number of alkyl halides is 3. The number of halogens is 3. The average molecular weight is 664 g/mol. The molecule has 185 valence electrons. The zero-order valence-corrected chi connectivity index (χ0v) is 22.0. The fourth-order valence-corrected chi connectivity index (χ4v) is 5.53. The van der Waals surface area contributed by atoms with Gasteiger partial charge in [-0.25, -0.2) is 15.0 Å². The number of nitrogens with zero attached hydrogens (tertiary/aromatic N) is 4. The molecule has 0 saturated heterocycles. The fraction of sp³-hybridized carbons (Fsp3) is 0.286. The number of hydrogen-bond acceptors (Lipinski definition) is 4. The van der Waals surface area contributed by atoms with Gasteiger partial charge < -0.3 is 4.98 Å². The van der Waals surface area contributed by atoms with Crippen LogP contribution in [-0.2, 0) is 26.3 Å². The summed E-state index contributed by atoms with van der Waals surface area (Å²) in [5.41, 5.74) is 3.94. The van der Waals surface area contributed by atoms with Gasteiger partial charge in [0.2, 0.25) is 0 Å².